The summed E-state index contributed by atoms with van der Waals surface area (Å²) in [6.07, 6.45) is -9.81. The fourth-order valence-corrected chi connectivity index (χ4v) is 1.91. The second-order valence-corrected chi connectivity index (χ2v) is 4.36. The van der Waals surface area contributed by atoms with Crippen LogP contribution in [-0.2, 0) is 4.74 Å². The van der Waals surface area contributed by atoms with E-state index in [2.05, 4.69) is 4.74 Å². The van der Waals surface area contributed by atoms with Gasteiger partial charge in [0.25, 0.3) is 0 Å². The second kappa shape index (κ2) is 5.66. The van der Waals surface area contributed by atoms with Gasteiger partial charge in [0.15, 0.2) is 0 Å². The van der Waals surface area contributed by atoms with E-state index in [0.29, 0.717) is 12.8 Å². The van der Waals surface area contributed by atoms with Crippen molar-refractivity contribution in [2.75, 3.05) is 20.2 Å². The number of likely N-dealkylation sites (tertiary alicyclic amines) is 1. The first-order valence-electron chi connectivity index (χ1n) is 5.81. The molecule has 0 unspecified atom stereocenters. The summed E-state index contributed by atoms with van der Waals surface area (Å²) in [6.45, 7) is 0.225. The van der Waals surface area contributed by atoms with E-state index in [1.165, 1.54) is 0 Å². The molecule has 0 atom stereocenters. The summed E-state index contributed by atoms with van der Waals surface area (Å²) in [5.41, 5.74) is -4.70. The van der Waals surface area contributed by atoms with Gasteiger partial charge in [-0.25, -0.2) is 4.79 Å². The lowest BCUT2D eigenvalue weighted by atomic mass is 10.1. The Morgan fingerprint density at radius 2 is 1.45 bits per heavy atom. The molecule has 0 radical (unpaired) electrons. The fraction of sp³-hybridized carbons (Fsp3) is 0.900. The monoisotopic (exact) mass is 308 g/mol. The standard InChI is InChI=1S/C10H14F6N2O2/c1-20-8(9(11,12)13,10(14,15)16)17-7(19)18-5-3-2-4-6-18/h2-6H2,1H3,(H,17,19). The normalized spacial score (nSPS) is 18.1. The molecule has 20 heavy (non-hydrogen) atoms. The van der Waals surface area contributed by atoms with Crippen molar-refractivity contribution in [2.45, 2.75) is 37.3 Å². The maximum absolute atomic E-state index is 12.7. The van der Waals surface area contributed by atoms with Gasteiger partial charge in [-0.2, -0.15) is 26.3 Å². The van der Waals surface area contributed by atoms with Crippen LogP contribution in [0, 0.1) is 0 Å². The third-order valence-electron chi connectivity index (χ3n) is 3.03. The van der Waals surface area contributed by atoms with E-state index in [9.17, 15) is 31.1 Å². The molecule has 1 heterocycles. The van der Waals surface area contributed by atoms with Gasteiger partial charge in [-0.15, -0.1) is 0 Å². The van der Waals surface area contributed by atoms with Crippen LogP contribution in [0.2, 0.25) is 0 Å². The predicted octanol–water partition coefficient (Wildman–Crippen LogP) is 2.65. The summed E-state index contributed by atoms with van der Waals surface area (Å²) in [6, 6.07) is -1.44. The minimum absolute atomic E-state index is 0.112. The lowest BCUT2D eigenvalue weighted by Crippen LogP contribution is -2.70. The highest BCUT2D eigenvalue weighted by atomic mass is 19.4. The van der Waals surface area contributed by atoms with Gasteiger partial charge in [-0.1, -0.05) is 0 Å². The molecule has 0 aromatic heterocycles. The van der Waals surface area contributed by atoms with Gasteiger partial charge >= 0.3 is 24.1 Å². The molecule has 10 heteroatoms. The average molecular weight is 308 g/mol. The number of piperidine rings is 1. The zero-order valence-electron chi connectivity index (χ0n) is 10.6. The van der Waals surface area contributed by atoms with Crippen molar-refractivity contribution in [1.29, 1.82) is 0 Å². The highest BCUT2D eigenvalue weighted by molar-refractivity contribution is 5.75. The molecule has 2 amide bonds. The van der Waals surface area contributed by atoms with E-state index in [1.807, 2.05) is 0 Å². The van der Waals surface area contributed by atoms with Gasteiger partial charge in [0, 0.05) is 20.2 Å². The topological polar surface area (TPSA) is 41.6 Å². The van der Waals surface area contributed by atoms with Crippen LogP contribution in [0.25, 0.3) is 0 Å². The molecule has 0 bridgehead atoms. The van der Waals surface area contributed by atoms with Crippen molar-refractivity contribution in [3.63, 3.8) is 0 Å². The number of rotatable bonds is 2. The van der Waals surface area contributed by atoms with Crippen LogP contribution in [-0.4, -0.2) is 49.2 Å². The minimum atomic E-state index is -5.83. The van der Waals surface area contributed by atoms with Crippen molar-refractivity contribution < 1.29 is 35.9 Å². The molecule has 1 N–H and O–H groups in total. The zero-order chi connectivity index (χ0) is 15.6. The number of halogens is 6. The summed E-state index contributed by atoms with van der Waals surface area (Å²) in [4.78, 5) is 12.5. The van der Waals surface area contributed by atoms with Gasteiger partial charge in [0.2, 0.25) is 0 Å². The number of methoxy groups -OCH3 is 1. The summed E-state index contributed by atoms with van der Waals surface area (Å²) in [5, 5.41) is 0.945. The molecule has 1 fully saturated rings. The molecule has 1 aliphatic rings. The smallest absolute Gasteiger partial charge is 0.344 e. The maximum Gasteiger partial charge on any atom is 0.446 e. The molecule has 0 aromatic rings. The first kappa shape index (κ1) is 16.9. The summed E-state index contributed by atoms with van der Waals surface area (Å²) in [7, 11) is 0.247. The predicted molar refractivity (Wildman–Crippen MR) is 55.8 cm³/mol. The van der Waals surface area contributed by atoms with Crippen LogP contribution in [0.15, 0.2) is 0 Å². The number of urea groups is 1. The molecule has 0 aromatic carbocycles. The van der Waals surface area contributed by atoms with Crippen molar-refractivity contribution in [3.05, 3.63) is 0 Å². The Labute approximate surface area is 111 Å². The second-order valence-electron chi connectivity index (χ2n) is 4.36. The highest BCUT2D eigenvalue weighted by Gasteiger charge is 2.73. The zero-order valence-corrected chi connectivity index (χ0v) is 10.6. The Balaban J connectivity index is 2.98. The third-order valence-corrected chi connectivity index (χ3v) is 3.03. The van der Waals surface area contributed by atoms with E-state index in [0.717, 1.165) is 16.6 Å². The number of hydrogen-bond donors (Lipinski definition) is 1. The SMILES string of the molecule is COC(NC(=O)N1CCCCC1)(C(F)(F)F)C(F)(F)F. The molecule has 0 saturated carbocycles. The molecular weight excluding hydrogens is 294 g/mol. The number of nitrogens with zero attached hydrogens (tertiary/aromatic N) is 1. The molecule has 0 spiro atoms. The number of hydrogen-bond acceptors (Lipinski definition) is 2. The summed E-state index contributed by atoms with van der Waals surface area (Å²) < 4.78 is 79.9. The van der Waals surface area contributed by atoms with Crippen LogP contribution in [0.1, 0.15) is 19.3 Å². The molecule has 0 aliphatic carbocycles. The first-order chi connectivity index (χ1) is 9.05. The van der Waals surface area contributed by atoms with E-state index in [4.69, 9.17) is 0 Å². The minimum Gasteiger partial charge on any atom is -0.344 e. The third kappa shape index (κ3) is 3.10. The van der Waals surface area contributed by atoms with E-state index in [-0.39, 0.29) is 20.2 Å². The van der Waals surface area contributed by atoms with Crippen molar-refractivity contribution in [2.24, 2.45) is 0 Å². The highest BCUT2D eigenvalue weighted by Crippen LogP contribution is 2.43. The van der Waals surface area contributed by atoms with Crippen molar-refractivity contribution in [3.8, 4) is 0 Å². The summed E-state index contributed by atoms with van der Waals surface area (Å²) in [5.74, 6) is 0. The van der Waals surface area contributed by atoms with E-state index < -0.39 is 24.1 Å². The van der Waals surface area contributed by atoms with Gasteiger partial charge in [-0.3, -0.25) is 5.32 Å². The van der Waals surface area contributed by atoms with Crippen LogP contribution < -0.4 is 5.32 Å². The number of carbonyl (C=O) groups is 1. The Morgan fingerprint density at radius 3 is 1.80 bits per heavy atom. The Hall–Kier alpha value is -1.19. The number of nitrogens with one attached hydrogen (secondary N) is 1. The van der Waals surface area contributed by atoms with Gasteiger partial charge in [-0.05, 0) is 19.3 Å². The van der Waals surface area contributed by atoms with Gasteiger partial charge in [0.05, 0.1) is 0 Å². The fourth-order valence-electron chi connectivity index (χ4n) is 1.91. The van der Waals surface area contributed by atoms with E-state index in [1.54, 1.807) is 0 Å². The molecule has 118 valence electrons. The number of alkyl halides is 6. The lowest BCUT2D eigenvalue weighted by molar-refractivity contribution is -0.382. The van der Waals surface area contributed by atoms with Crippen LogP contribution in [0.5, 0.6) is 0 Å². The molecule has 1 rings (SSSR count). The van der Waals surface area contributed by atoms with Crippen LogP contribution in [0.3, 0.4) is 0 Å². The Morgan fingerprint density at radius 1 is 1.00 bits per heavy atom. The summed E-state index contributed by atoms with van der Waals surface area (Å²) >= 11 is 0. The molecular formula is C10H14F6N2O2. The molecule has 4 nitrogen and oxygen atoms in total. The van der Waals surface area contributed by atoms with Gasteiger partial charge in [0.1, 0.15) is 0 Å². The Bertz CT molecular complexity index is 335. The number of amides is 2. The average Bonchev–Trinajstić information content (AvgIpc) is 2.33. The van der Waals surface area contributed by atoms with Crippen molar-refractivity contribution >= 4 is 6.03 Å². The van der Waals surface area contributed by atoms with Crippen molar-refractivity contribution in [1.82, 2.24) is 10.2 Å². The number of ether oxygens (including phenoxy) is 1. The van der Waals surface area contributed by atoms with E-state index >= 15 is 0 Å². The quantitative estimate of drug-likeness (QED) is 0.629. The Kier molecular flexibility index (Phi) is 4.78. The van der Waals surface area contributed by atoms with Crippen LogP contribution in [0.4, 0.5) is 31.1 Å². The molecule has 1 saturated heterocycles. The van der Waals surface area contributed by atoms with Crippen LogP contribution >= 0.6 is 0 Å². The van der Waals surface area contributed by atoms with Gasteiger partial charge < -0.3 is 9.64 Å². The largest absolute Gasteiger partial charge is 0.446 e. The number of carbonyl (C=O) groups excluding carboxylic acids is 1. The first-order valence-corrected chi connectivity index (χ1v) is 5.81. The maximum atomic E-state index is 12.7. The lowest BCUT2D eigenvalue weighted by Gasteiger charge is -2.38. The molecule has 1 aliphatic heterocycles.